The molecule has 0 aromatic carbocycles. The molecule has 36 heavy (non-hydrogen) atoms. The Morgan fingerprint density at radius 2 is 1.94 bits per heavy atom. The normalized spacial score (nSPS) is 23.4. The minimum Gasteiger partial charge on any atom is -0.382 e. The Balaban J connectivity index is 2.20. The second kappa shape index (κ2) is 13.3. The molecule has 0 radical (unpaired) electrons. The molecule has 22 heteroatoms. The monoisotopic (exact) mass is 612 g/mol. The zero-order chi connectivity index (χ0) is 27.1. The van der Waals surface area contributed by atoms with Gasteiger partial charge in [-0.2, -0.15) is 13.6 Å². The number of aromatic nitrogens is 2. The van der Waals surface area contributed by atoms with Crippen LogP contribution in [0.3, 0.4) is 0 Å². The molecule has 0 bridgehead atoms. The highest BCUT2D eigenvalue weighted by molar-refractivity contribution is 8.76. The third-order valence-electron chi connectivity index (χ3n) is 4.06. The predicted octanol–water partition coefficient (Wildman–Crippen LogP) is 0.120. The van der Waals surface area contributed by atoms with Gasteiger partial charge >= 0.3 is 29.2 Å². The van der Waals surface area contributed by atoms with E-state index in [2.05, 4.69) is 30.0 Å². The first kappa shape index (κ1) is 31.4. The van der Waals surface area contributed by atoms with Gasteiger partial charge in [-0.15, -0.1) is 0 Å². The average molecular weight is 612 g/mol. The van der Waals surface area contributed by atoms with Crippen molar-refractivity contribution in [3.05, 3.63) is 22.2 Å². The summed E-state index contributed by atoms with van der Waals surface area (Å²) < 4.78 is 58.9. The quantitative estimate of drug-likeness (QED) is 0.0601. The molecule has 3 unspecified atom stereocenters. The Bertz CT molecular complexity index is 1180. The summed E-state index contributed by atoms with van der Waals surface area (Å²) in [5, 5.41) is 0. The summed E-state index contributed by atoms with van der Waals surface area (Å²) in [6, 6.07) is 0. The number of phosphoric acid groups is 3. The van der Waals surface area contributed by atoms with Crippen molar-refractivity contribution in [2.24, 2.45) is 5.73 Å². The van der Waals surface area contributed by atoms with Crippen molar-refractivity contribution in [2.75, 3.05) is 31.1 Å². The molecule has 1 fully saturated rings. The van der Waals surface area contributed by atoms with Crippen LogP contribution in [0.2, 0.25) is 0 Å². The van der Waals surface area contributed by atoms with E-state index in [1.54, 1.807) is 6.26 Å². The van der Waals surface area contributed by atoms with E-state index in [0.29, 0.717) is 0 Å². The van der Waals surface area contributed by atoms with E-state index in [-0.39, 0.29) is 30.3 Å². The summed E-state index contributed by atoms with van der Waals surface area (Å²) in [6.45, 7) is -0.726. The van der Waals surface area contributed by atoms with Gasteiger partial charge in [-0.3, -0.25) is 9.09 Å². The molecule has 8 N–H and O–H groups in total. The minimum absolute atomic E-state index is 0.0319. The first-order chi connectivity index (χ1) is 16.7. The van der Waals surface area contributed by atoms with Crippen LogP contribution in [0, 0.1) is 11.8 Å². The van der Waals surface area contributed by atoms with E-state index >= 15 is 0 Å². The van der Waals surface area contributed by atoms with Gasteiger partial charge in [-0.25, -0.2) is 18.5 Å². The number of rotatable bonds is 12. The summed E-state index contributed by atoms with van der Waals surface area (Å²) in [5.74, 6) is 5.29. The molecule has 204 valence electrons. The standard InChI is InChI=1S/C14H23N4O13P3S2/c1-35-36-8-27-10-5-12(18-6-9(3-2-4-15)13(16)17-14(18)19)29-11(10)7-28-33(23,24)31-34(25,26)30-32(20,21)22/h6,10-12H,4-5,7-8,15H2,1H3,(H,23,24)(H,25,26)(H2,16,17,19)(H2,20,21,22)/t10-,11+,12?/m0/s1. The predicted molar refractivity (Wildman–Crippen MR) is 128 cm³/mol. The summed E-state index contributed by atoms with van der Waals surface area (Å²) in [7, 11) is -13.9. The lowest BCUT2D eigenvalue weighted by atomic mass is 10.2. The van der Waals surface area contributed by atoms with Crippen LogP contribution in [0.25, 0.3) is 0 Å². The van der Waals surface area contributed by atoms with Crippen LogP contribution in [0.4, 0.5) is 5.82 Å². The molecular weight excluding hydrogens is 589 g/mol. The average Bonchev–Trinajstić information content (AvgIpc) is 3.12. The van der Waals surface area contributed by atoms with Crippen LogP contribution in [0.15, 0.2) is 11.0 Å². The van der Waals surface area contributed by atoms with Crippen molar-refractivity contribution in [3.8, 4) is 11.8 Å². The summed E-state index contributed by atoms with van der Waals surface area (Å²) >= 11 is 0. The molecule has 1 aliphatic heterocycles. The molecule has 0 spiro atoms. The molecule has 0 amide bonds. The Hall–Kier alpha value is -0.770. The van der Waals surface area contributed by atoms with Gasteiger partial charge in [0.15, 0.2) is 0 Å². The number of anilines is 1. The number of nitrogen functional groups attached to an aromatic ring is 1. The van der Waals surface area contributed by atoms with E-state index < -0.39 is 54.2 Å². The van der Waals surface area contributed by atoms with Crippen molar-refractivity contribution in [3.63, 3.8) is 0 Å². The van der Waals surface area contributed by atoms with E-state index in [4.69, 9.17) is 30.7 Å². The van der Waals surface area contributed by atoms with Gasteiger partial charge in [0.25, 0.3) is 0 Å². The van der Waals surface area contributed by atoms with Crippen LogP contribution >= 0.6 is 45.1 Å². The van der Waals surface area contributed by atoms with Gasteiger partial charge in [0.05, 0.1) is 24.8 Å². The fourth-order valence-corrected chi connectivity index (χ4v) is 6.57. The van der Waals surface area contributed by atoms with Crippen molar-refractivity contribution in [2.45, 2.75) is 24.9 Å². The summed E-state index contributed by atoms with van der Waals surface area (Å²) in [4.78, 5) is 52.3. The number of nitrogens with two attached hydrogens (primary N) is 2. The molecule has 2 rings (SSSR count). The van der Waals surface area contributed by atoms with Crippen molar-refractivity contribution in [1.82, 2.24) is 9.55 Å². The number of hydrogen-bond donors (Lipinski definition) is 6. The topological polar surface area (TPSA) is 265 Å². The van der Waals surface area contributed by atoms with Crippen molar-refractivity contribution in [1.29, 1.82) is 0 Å². The molecule has 2 heterocycles. The van der Waals surface area contributed by atoms with Crippen molar-refractivity contribution < 1.29 is 55.9 Å². The number of phosphoric ester groups is 1. The van der Waals surface area contributed by atoms with Crippen LogP contribution in [0.1, 0.15) is 18.2 Å². The minimum atomic E-state index is -5.69. The van der Waals surface area contributed by atoms with Gasteiger partial charge < -0.3 is 40.5 Å². The fourth-order valence-electron chi connectivity index (χ4n) is 2.76. The van der Waals surface area contributed by atoms with Crippen LogP contribution in [-0.4, -0.2) is 66.7 Å². The van der Waals surface area contributed by atoms with Crippen molar-refractivity contribution >= 4 is 50.9 Å². The van der Waals surface area contributed by atoms with Crippen LogP contribution in [0.5, 0.6) is 0 Å². The molecule has 0 saturated carbocycles. The third kappa shape index (κ3) is 10.2. The maximum Gasteiger partial charge on any atom is 0.490 e. The lowest BCUT2D eigenvalue weighted by Crippen LogP contribution is -2.29. The lowest BCUT2D eigenvalue weighted by Gasteiger charge is -2.21. The molecule has 1 aromatic rings. The van der Waals surface area contributed by atoms with E-state index in [9.17, 15) is 28.3 Å². The highest BCUT2D eigenvalue weighted by Gasteiger charge is 2.43. The largest absolute Gasteiger partial charge is 0.490 e. The number of ether oxygens (including phenoxy) is 2. The van der Waals surface area contributed by atoms with Gasteiger partial charge in [-0.05, 0) is 6.26 Å². The number of nitrogens with zero attached hydrogens (tertiary/aromatic N) is 2. The molecule has 5 atom stereocenters. The Morgan fingerprint density at radius 3 is 2.56 bits per heavy atom. The molecule has 1 aliphatic rings. The van der Waals surface area contributed by atoms with E-state index in [1.807, 2.05) is 0 Å². The smallest absolute Gasteiger partial charge is 0.382 e. The molecule has 17 nitrogen and oxygen atoms in total. The first-order valence-electron chi connectivity index (χ1n) is 9.45. The molecule has 1 saturated heterocycles. The van der Waals surface area contributed by atoms with E-state index in [0.717, 1.165) is 4.57 Å². The highest BCUT2D eigenvalue weighted by atomic mass is 33.1. The van der Waals surface area contributed by atoms with Gasteiger partial charge in [0.1, 0.15) is 24.1 Å². The molecule has 1 aromatic heterocycles. The third-order valence-corrected chi connectivity index (χ3v) is 9.33. The molecular formula is C14H23N4O13P3S2. The Morgan fingerprint density at radius 1 is 1.25 bits per heavy atom. The Labute approximate surface area is 212 Å². The molecule has 0 aliphatic carbocycles. The lowest BCUT2D eigenvalue weighted by molar-refractivity contribution is -0.0543. The SMILES string of the molecule is CSSCO[C@H]1CC(n2cc(C#CCN)c(N)nc2=O)O[C@@H]1COP(=O)(O)OP(=O)(O)OP(=O)(O)O. The zero-order valence-corrected chi connectivity index (χ0v) is 22.6. The highest BCUT2D eigenvalue weighted by Crippen LogP contribution is 2.66. The Kier molecular flexibility index (Phi) is 11.7. The van der Waals surface area contributed by atoms with Gasteiger partial charge in [-0.1, -0.05) is 33.4 Å². The second-order valence-electron chi connectivity index (χ2n) is 6.59. The maximum atomic E-state index is 12.4. The first-order valence-corrected chi connectivity index (χ1v) is 16.7. The summed E-state index contributed by atoms with van der Waals surface area (Å²) in [5.41, 5.74) is 10.5. The van der Waals surface area contributed by atoms with Crippen LogP contribution < -0.4 is 17.2 Å². The fraction of sp³-hybridized carbons (Fsp3) is 0.571. The van der Waals surface area contributed by atoms with Gasteiger partial charge in [0.2, 0.25) is 0 Å². The zero-order valence-electron chi connectivity index (χ0n) is 18.3. The number of hydrogen-bond acceptors (Lipinski definition) is 14. The van der Waals surface area contributed by atoms with Crippen LogP contribution in [-0.2, 0) is 36.3 Å². The van der Waals surface area contributed by atoms with E-state index in [1.165, 1.54) is 27.8 Å². The summed E-state index contributed by atoms with van der Waals surface area (Å²) in [6.07, 6.45) is 0.252. The second-order valence-corrected chi connectivity index (χ2v) is 13.5. The van der Waals surface area contributed by atoms with Gasteiger partial charge in [0, 0.05) is 12.6 Å². The maximum absolute atomic E-state index is 12.4.